The molecule has 2 aromatic rings. The molecule has 0 saturated carbocycles. The molecule has 0 aliphatic rings. The first-order valence-corrected chi connectivity index (χ1v) is 12.7. The molecule has 42 heavy (non-hydrogen) atoms. The number of rotatable bonds is 13. The number of esters is 2. The molecule has 0 aliphatic heterocycles. The second kappa shape index (κ2) is 17.9. The Kier molecular flexibility index (Phi) is 15.4. The number of halogens is 8. The van der Waals surface area contributed by atoms with Gasteiger partial charge in [-0.25, -0.2) is 13.6 Å². The molecule has 14 heteroatoms. The Morgan fingerprint density at radius 2 is 1.29 bits per heavy atom. The van der Waals surface area contributed by atoms with Crippen LogP contribution in [-0.2, 0) is 25.5 Å². The van der Waals surface area contributed by atoms with Gasteiger partial charge in [-0.05, 0) is 60.7 Å². The lowest BCUT2D eigenvalue weighted by Gasteiger charge is -2.10. The van der Waals surface area contributed by atoms with Crippen molar-refractivity contribution in [3.63, 3.8) is 0 Å². The van der Waals surface area contributed by atoms with Crippen LogP contribution in [0.4, 0.5) is 35.1 Å². The van der Waals surface area contributed by atoms with E-state index >= 15 is 0 Å². The van der Waals surface area contributed by atoms with E-state index in [1.54, 1.807) is 0 Å². The van der Waals surface area contributed by atoms with E-state index in [0.29, 0.717) is 12.2 Å². The number of carbonyl (C=O) groups is 2. The van der Waals surface area contributed by atoms with Crippen molar-refractivity contribution in [1.82, 2.24) is 0 Å². The average Bonchev–Trinajstić information content (AvgIpc) is 2.88. The maximum absolute atomic E-state index is 13.4. The molecule has 0 fully saturated rings. The number of benzene rings is 2. The highest BCUT2D eigenvalue weighted by molar-refractivity contribution is 5.87. The summed E-state index contributed by atoms with van der Waals surface area (Å²) in [5.74, 6) is -5.13. The Balaban J connectivity index is 0.000000420. The first kappa shape index (κ1) is 36.2. The molecule has 2 rings (SSSR count). The summed E-state index contributed by atoms with van der Waals surface area (Å²) in [4.78, 5) is 22.6. The zero-order valence-corrected chi connectivity index (χ0v) is 22.7. The average molecular weight is 615 g/mol. The molecule has 0 amide bonds. The molecule has 0 radical (unpaired) electrons. The van der Waals surface area contributed by atoms with E-state index in [1.807, 2.05) is 13.8 Å². The number of aryl methyl sites for hydroxylation is 1. The topological polar surface area (TPSA) is 71.1 Å². The van der Waals surface area contributed by atoms with Gasteiger partial charge in [-0.15, -0.1) is 26.3 Å². The molecule has 0 unspecified atom stereocenters. The molecule has 0 heterocycles. The van der Waals surface area contributed by atoms with E-state index in [-0.39, 0.29) is 25.0 Å². The molecular formula is C28H30F8O6. The maximum atomic E-state index is 13.4. The van der Waals surface area contributed by atoms with Gasteiger partial charge in [-0.3, -0.25) is 4.79 Å². The molecule has 0 N–H and O–H groups in total. The lowest BCUT2D eigenvalue weighted by Crippen LogP contribution is -2.18. The van der Waals surface area contributed by atoms with Crippen molar-refractivity contribution in [2.45, 2.75) is 65.1 Å². The van der Waals surface area contributed by atoms with Gasteiger partial charge in [0, 0.05) is 12.5 Å². The molecule has 0 atom stereocenters. The van der Waals surface area contributed by atoms with Gasteiger partial charge in [0.2, 0.25) is 0 Å². The van der Waals surface area contributed by atoms with Crippen molar-refractivity contribution in [2.75, 3.05) is 13.2 Å². The summed E-state index contributed by atoms with van der Waals surface area (Å²) in [6.45, 7) is 4.52. The van der Waals surface area contributed by atoms with E-state index in [1.165, 1.54) is 18.2 Å². The summed E-state index contributed by atoms with van der Waals surface area (Å²) < 4.78 is 115. The summed E-state index contributed by atoms with van der Waals surface area (Å²) in [7, 11) is 0. The summed E-state index contributed by atoms with van der Waals surface area (Å²) in [6, 6.07) is 5.95. The Hall–Kier alpha value is -3.84. The van der Waals surface area contributed by atoms with Crippen LogP contribution in [0.15, 0.2) is 42.5 Å². The summed E-state index contributed by atoms with van der Waals surface area (Å²) in [6.07, 6.45) is -4.06. The number of alkyl halides is 6. The smallest absolute Gasteiger partial charge is 0.466 e. The molecule has 234 valence electrons. The third-order valence-corrected chi connectivity index (χ3v) is 4.94. The number of unbranched alkanes of at least 4 members (excludes halogenated alkanes) is 2. The van der Waals surface area contributed by atoms with Crippen molar-refractivity contribution in [2.24, 2.45) is 0 Å². The van der Waals surface area contributed by atoms with Crippen LogP contribution in [0.3, 0.4) is 0 Å². The fourth-order valence-corrected chi connectivity index (χ4v) is 2.91. The summed E-state index contributed by atoms with van der Waals surface area (Å²) >= 11 is 0. The van der Waals surface area contributed by atoms with Gasteiger partial charge in [0.05, 0.1) is 13.2 Å². The van der Waals surface area contributed by atoms with Gasteiger partial charge in [0.25, 0.3) is 0 Å². The van der Waals surface area contributed by atoms with E-state index in [0.717, 1.165) is 56.0 Å². The SMILES string of the molecule is CCCCOC(=O)/C=C/c1ccc(OC(F)(F)F)c(F)c1.CCCCOC(=O)CCc1ccc(OC(F)(F)F)c(F)c1. The van der Waals surface area contributed by atoms with Crippen LogP contribution in [0.25, 0.3) is 6.08 Å². The van der Waals surface area contributed by atoms with Crippen LogP contribution in [0.2, 0.25) is 0 Å². The highest BCUT2D eigenvalue weighted by atomic mass is 19.4. The maximum Gasteiger partial charge on any atom is 0.573 e. The van der Waals surface area contributed by atoms with Crippen LogP contribution >= 0.6 is 0 Å². The van der Waals surface area contributed by atoms with Crippen LogP contribution in [0, 0.1) is 11.6 Å². The number of ether oxygens (including phenoxy) is 4. The highest BCUT2D eigenvalue weighted by Gasteiger charge is 2.33. The molecule has 0 bridgehead atoms. The third kappa shape index (κ3) is 16.4. The van der Waals surface area contributed by atoms with Crippen LogP contribution < -0.4 is 9.47 Å². The highest BCUT2D eigenvalue weighted by Crippen LogP contribution is 2.27. The monoisotopic (exact) mass is 614 g/mol. The molecule has 0 aliphatic carbocycles. The lowest BCUT2D eigenvalue weighted by molar-refractivity contribution is -0.276. The fraction of sp³-hybridized carbons (Fsp3) is 0.429. The standard InChI is InChI=1S/C14H16F4O3.C14H14F4O3/c2*1-2-3-8-20-13(19)7-5-10-4-6-12(11(15)9-10)21-14(16,17)18/h4,6,9H,2-3,5,7-8H2,1H3;4-7,9H,2-3,8H2,1H3/b;7-5+. The minimum absolute atomic E-state index is 0.0443. The largest absolute Gasteiger partial charge is 0.573 e. The molecule has 0 saturated heterocycles. The van der Waals surface area contributed by atoms with Crippen molar-refractivity contribution < 1.29 is 63.7 Å². The van der Waals surface area contributed by atoms with Gasteiger partial charge in [0.1, 0.15) is 0 Å². The summed E-state index contributed by atoms with van der Waals surface area (Å²) in [5, 5.41) is 0. The fourth-order valence-electron chi connectivity index (χ4n) is 2.91. The van der Waals surface area contributed by atoms with Crippen molar-refractivity contribution in [1.29, 1.82) is 0 Å². The zero-order valence-electron chi connectivity index (χ0n) is 22.7. The Morgan fingerprint density at radius 1 is 0.762 bits per heavy atom. The van der Waals surface area contributed by atoms with Crippen molar-refractivity contribution in [3.8, 4) is 11.5 Å². The quantitative estimate of drug-likeness (QED) is 0.0984. The molecule has 0 spiro atoms. The normalized spacial score (nSPS) is 11.5. The Labute approximate surface area is 237 Å². The third-order valence-electron chi connectivity index (χ3n) is 4.94. The van der Waals surface area contributed by atoms with Gasteiger partial charge in [-0.2, -0.15) is 0 Å². The van der Waals surface area contributed by atoms with E-state index in [2.05, 4.69) is 9.47 Å². The first-order chi connectivity index (χ1) is 19.6. The second-order valence-electron chi connectivity index (χ2n) is 8.48. The second-order valence-corrected chi connectivity index (χ2v) is 8.48. The van der Waals surface area contributed by atoms with Crippen molar-refractivity contribution in [3.05, 3.63) is 65.2 Å². The minimum atomic E-state index is -4.96. The van der Waals surface area contributed by atoms with E-state index in [9.17, 15) is 44.7 Å². The van der Waals surface area contributed by atoms with E-state index < -0.39 is 47.8 Å². The Morgan fingerprint density at radius 3 is 1.79 bits per heavy atom. The molecule has 6 nitrogen and oxygen atoms in total. The van der Waals surface area contributed by atoms with Gasteiger partial charge >= 0.3 is 24.7 Å². The van der Waals surface area contributed by atoms with Crippen LogP contribution in [0.5, 0.6) is 11.5 Å². The molecular weight excluding hydrogens is 584 g/mol. The van der Waals surface area contributed by atoms with Gasteiger partial charge in [0.15, 0.2) is 23.1 Å². The number of carbonyl (C=O) groups excluding carboxylic acids is 2. The predicted molar refractivity (Wildman–Crippen MR) is 135 cm³/mol. The zero-order chi connectivity index (χ0) is 31.8. The molecule has 0 aromatic heterocycles. The molecule has 2 aromatic carbocycles. The first-order valence-electron chi connectivity index (χ1n) is 12.7. The minimum Gasteiger partial charge on any atom is -0.466 e. The predicted octanol–water partition coefficient (Wildman–Crippen LogP) is 8.08. The lowest BCUT2D eigenvalue weighted by atomic mass is 10.1. The number of hydrogen-bond donors (Lipinski definition) is 0. The van der Waals surface area contributed by atoms with Crippen molar-refractivity contribution >= 4 is 18.0 Å². The van der Waals surface area contributed by atoms with Gasteiger partial charge < -0.3 is 18.9 Å². The summed E-state index contributed by atoms with van der Waals surface area (Å²) in [5.41, 5.74) is 0.615. The Bertz CT molecular complexity index is 1160. The number of hydrogen-bond acceptors (Lipinski definition) is 6. The van der Waals surface area contributed by atoms with Gasteiger partial charge in [-0.1, -0.05) is 38.8 Å². The van der Waals surface area contributed by atoms with Crippen LogP contribution in [-0.4, -0.2) is 37.9 Å². The van der Waals surface area contributed by atoms with E-state index in [4.69, 9.17) is 9.47 Å². The van der Waals surface area contributed by atoms with Crippen LogP contribution in [0.1, 0.15) is 57.1 Å².